The molecule has 6 nitrogen and oxygen atoms in total. The minimum absolute atomic E-state index is 0.0362. The third-order valence-electron chi connectivity index (χ3n) is 3.94. The van der Waals surface area contributed by atoms with Gasteiger partial charge in [-0.1, -0.05) is 22.0 Å². The first kappa shape index (κ1) is 16.9. The maximum absolute atomic E-state index is 12.7. The van der Waals surface area contributed by atoms with Gasteiger partial charge in [0.1, 0.15) is 17.3 Å². The van der Waals surface area contributed by atoms with E-state index in [1.54, 1.807) is 13.0 Å². The highest BCUT2D eigenvalue weighted by atomic mass is 79.9. The van der Waals surface area contributed by atoms with E-state index in [4.69, 9.17) is 0 Å². The Bertz CT molecular complexity index is 744. The lowest BCUT2D eigenvalue weighted by molar-refractivity contribution is 0.0658. The molecule has 126 valence electrons. The number of nitrogens with one attached hydrogen (secondary N) is 1. The smallest absolute Gasteiger partial charge is 0.272 e. The minimum atomic E-state index is -0.0362. The molecular formula is C17H20BrN5O. The van der Waals surface area contributed by atoms with E-state index in [0.717, 1.165) is 36.3 Å². The Kier molecular flexibility index (Phi) is 5.11. The molecular weight excluding hydrogens is 370 g/mol. The number of hydrogen-bond acceptors (Lipinski definition) is 5. The van der Waals surface area contributed by atoms with Crippen molar-refractivity contribution in [2.45, 2.75) is 6.92 Å². The average molecular weight is 390 g/mol. The van der Waals surface area contributed by atoms with E-state index in [-0.39, 0.29) is 5.91 Å². The fraction of sp³-hybridized carbons (Fsp3) is 0.353. The summed E-state index contributed by atoms with van der Waals surface area (Å²) in [4.78, 5) is 25.5. The van der Waals surface area contributed by atoms with Crippen molar-refractivity contribution in [3.63, 3.8) is 0 Å². The van der Waals surface area contributed by atoms with Crippen molar-refractivity contribution in [3.8, 4) is 0 Å². The Balaban J connectivity index is 1.79. The molecule has 1 fully saturated rings. The van der Waals surface area contributed by atoms with Crippen molar-refractivity contribution in [1.29, 1.82) is 0 Å². The number of carbonyl (C=O) groups is 1. The van der Waals surface area contributed by atoms with E-state index in [1.165, 1.54) is 0 Å². The van der Waals surface area contributed by atoms with Crippen molar-refractivity contribution < 1.29 is 4.79 Å². The summed E-state index contributed by atoms with van der Waals surface area (Å²) in [5, 5.41) is 3.23. The molecule has 3 rings (SSSR count). The molecule has 1 aromatic heterocycles. The highest BCUT2D eigenvalue weighted by molar-refractivity contribution is 9.10. The van der Waals surface area contributed by atoms with Crippen LogP contribution in [0.3, 0.4) is 0 Å². The zero-order valence-corrected chi connectivity index (χ0v) is 15.4. The van der Waals surface area contributed by atoms with Crippen LogP contribution >= 0.6 is 15.9 Å². The van der Waals surface area contributed by atoms with Gasteiger partial charge in [0.05, 0.1) is 0 Å². The van der Waals surface area contributed by atoms with E-state index >= 15 is 0 Å². The Morgan fingerprint density at radius 3 is 2.62 bits per heavy atom. The zero-order valence-electron chi connectivity index (χ0n) is 13.8. The van der Waals surface area contributed by atoms with E-state index in [9.17, 15) is 4.79 Å². The number of aryl methyl sites for hydroxylation is 1. The lowest BCUT2D eigenvalue weighted by atomic mass is 10.2. The minimum Gasteiger partial charge on any atom is -0.340 e. The maximum Gasteiger partial charge on any atom is 0.272 e. The van der Waals surface area contributed by atoms with Gasteiger partial charge in [-0.15, -0.1) is 0 Å². The second-order valence-corrected chi connectivity index (χ2v) is 6.83. The Morgan fingerprint density at radius 2 is 1.92 bits per heavy atom. The summed E-state index contributed by atoms with van der Waals surface area (Å²) >= 11 is 3.45. The zero-order chi connectivity index (χ0) is 17.1. The van der Waals surface area contributed by atoms with Gasteiger partial charge < -0.3 is 15.1 Å². The number of halogens is 1. The van der Waals surface area contributed by atoms with Crippen molar-refractivity contribution in [3.05, 3.63) is 46.3 Å². The predicted molar refractivity (Wildman–Crippen MR) is 97.6 cm³/mol. The number of carbonyl (C=O) groups excluding carboxylic acids is 1. The molecule has 1 aromatic carbocycles. The topological polar surface area (TPSA) is 61.4 Å². The summed E-state index contributed by atoms with van der Waals surface area (Å²) in [7, 11) is 2.07. The standard InChI is InChI=1S/C17H20BrN5O/c1-12-19-15(17(24)23-8-6-22(2)7-9-23)11-16(20-12)21-14-5-3-4-13(18)10-14/h3-5,10-11H,6-9H2,1-2H3,(H,19,20,21). The maximum atomic E-state index is 12.7. The van der Waals surface area contributed by atoms with Crippen LogP contribution in [0.1, 0.15) is 16.3 Å². The number of aromatic nitrogens is 2. The third kappa shape index (κ3) is 4.10. The van der Waals surface area contributed by atoms with Crippen molar-refractivity contribution in [1.82, 2.24) is 19.8 Å². The van der Waals surface area contributed by atoms with Gasteiger partial charge in [-0.25, -0.2) is 9.97 Å². The molecule has 0 unspecified atom stereocenters. The number of anilines is 2. The molecule has 1 saturated heterocycles. The van der Waals surface area contributed by atoms with Gasteiger partial charge in [-0.3, -0.25) is 4.79 Å². The van der Waals surface area contributed by atoms with E-state index in [1.807, 2.05) is 29.2 Å². The summed E-state index contributed by atoms with van der Waals surface area (Å²) in [6, 6.07) is 9.52. The van der Waals surface area contributed by atoms with Crippen molar-refractivity contribution in [2.24, 2.45) is 0 Å². The van der Waals surface area contributed by atoms with E-state index in [2.05, 4.69) is 43.2 Å². The fourth-order valence-electron chi connectivity index (χ4n) is 2.63. The van der Waals surface area contributed by atoms with Crippen LogP contribution in [-0.2, 0) is 0 Å². The first-order valence-electron chi connectivity index (χ1n) is 7.87. The summed E-state index contributed by atoms with van der Waals surface area (Å²) < 4.78 is 0.979. The summed E-state index contributed by atoms with van der Waals surface area (Å²) in [5.74, 6) is 1.16. The summed E-state index contributed by atoms with van der Waals surface area (Å²) in [6.07, 6.45) is 0. The van der Waals surface area contributed by atoms with Gasteiger partial charge in [0.2, 0.25) is 0 Å². The molecule has 2 aromatic rings. The largest absolute Gasteiger partial charge is 0.340 e. The number of hydrogen-bond donors (Lipinski definition) is 1. The third-order valence-corrected chi connectivity index (χ3v) is 4.44. The molecule has 1 aliphatic rings. The Hall–Kier alpha value is -1.99. The van der Waals surface area contributed by atoms with Crippen LogP contribution in [0.15, 0.2) is 34.8 Å². The van der Waals surface area contributed by atoms with Crippen LogP contribution in [0.25, 0.3) is 0 Å². The average Bonchev–Trinajstić information content (AvgIpc) is 2.54. The molecule has 1 N–H and O–H groups in total. The highest BCUT2D eigenvalue weighted by Gasteiger charge is 2.22. The van der Waals surface area contributed by atoms with Crippen LogP contribution in [0.4, 0.5) is 11.5 Å². The van der Waals surface area contributed by atoms with Gasteiger partial charge in [0.25, 0.3) is 5.91 Å². The SMILES string of the molecule is Cc1nc(Nc2cccc(Br)c2)cc(C(=O)N2CCN(C)CC2)n1. The van der Waals surface area contributed by atoms with Crippen LogP contribution in [0, 0.1) is 6.92 Å². The Morgan fingerprint density at radius 1 is 1.17 bits per heavy atom. The van der Waals surface area contributed by atoms with Crippen LogP contribution in [0.2, 0.25) is 0 Å². The van der Waals surface area contributed by atoms with Gasteiger partial charge in [0, 0.05) is 42.4 Å². The van der Waals surface area contributed by atoms with Gasteiger partial charge >= 0.3 is 0 Å². The van der Waals surface area contributed by atoms with Gasteiger partial charge in [0.15, 0.2) is 0 Å². The number of amides is 1. The molecule has 1 amide bonds. The van der Waals surface area contributed by atoms with Crippen LogP contribution < -0.4 is 5.32 Å². The second kappa shape index (κ2) is 7.27. The molecule has 0 spiro atoms. The first-order valence-corrected chi connectivity index (χ1v) is 8.66. The predicted octanol–water partition coefficient (Wildman–Crippen LogP) is 2.68. The quantitative estimate of drug-likeness (QED) is 0.873. The lowest BCUT2D eigenvalue weighted by Gasteiger charge is -2.32. The number of rotatable bonds is 3. The molecule has 1 aliphatic heterocycles. The number of likely N-dealkylation sites (N-methyl/N-ethyl adjacent to an activating group) is 1. The van der Waals surface area contributed by atoms with Crippen LogP contribution in [-0.4, -0.2) is 58.9 Å². The lowest BCUT2D eigenvalue weighted by Crippen LogP contribution is -2.47. The molecule has 24 heavy (non-hydrogen) atoms. The van der Waals surface area contributed by atoms with Crippen LogP contribution in [0.5, 0.6) is 0 Å². The molecule has 7 heteroatoms. The monoisotopic (exact) mass is 389 g/mol. The molecule has 0 atom stereocenters. The first-order chi connectivity index (χ1) is 11.5. The number of piperazine rings is 1. The molecule has 0 radical (unpaired) electrons. The van der Waals surface area contributed by atoms with Crippen molar-refractivity contribution in [2.75, 3.05) is 38.5 Å². The Labute approximate surface area is 150 Å². The number of nitrogens with zero attached hydrogens (tertiary/aromatic N) is 4. The van der Waals surface area contributed by atoms with Gasteiger partial charge in [-0.05, 0) is 32.2 Å². The van der Waals surface area contributed by atoms with E-state index in [0.29, 0.717) is 17.3 Å². The highest BCUT2D eigenvalue weighted by Crippen LogP contribution is 2.20. The van der Waals surface area contributed by atoms with Crippen molar-refractivity contribution >= 4 is 33.3 Å². The second-order valence-electron chi connectivity index (χ2n) is 5.92. The fourth-order valence-corrected chi connectivity index (χ4v) is 3.03. The summed E-state index contributed by atoms with van der Waals surface area (Å²) in [5.41, 5.74) is 1.34. The number of benzene rings is 1. The normalized spacial score (nSPS) is 15.4. The molecule has 0 aliphatic carbocycles. The summed E-state index contributed by atoms with van der Waals surface area (Å²) in [6.45, 7) is 5.03. The molecule has 0 bridgehead atoms. The van der Waals surface area contributed by atoms with Gasteiger partial charge in [-0.2, -0.15) is 0 Å². The molecule has 2 heterocycles. The molecule has 0 saturated carbocycles. The van der Waals surface area contributed by atoms with E-state index < -0.39 is 0 Å².